The van der Waals surface area contributed by atoms with Crippen LogP contribution in [-0.2, 0) is 4.79 Å². The summed E-state index contributed by atoms with van der Waals surface area (Å²) in [5, 5.41) is 0. The first-order chi connectivity index (χ1) is 10.2. The summed E-state index contributed by atoms with van der Waals surface area (Å²) in [7, 11) is 0. The van der Waals surface area contributed by atoms with Gasteiger partial charge in [0.25, 0.3) is 0 Å². The minimum atomic E-state index is -0.0469. The lowest BCUT2D eigenvalue weighted by Crippen LogP contribution is -2.33. The van der Waals surface area contributed by atoms with Crippen LogP contribution in [0.1, 0.15) is 64.0 Å². The fourth-order valence-electron chi connectivity index (χ4n) is 2.36. The van der Waals surface area contributed by atoms with Crippen LogP contribution in [0, 0.1) is 0 Å². The van der Waals surface area contributed by atoms with E-state index in [1.807, 2.05) is 35.2 Å². The number of hydrogen-bond donors (Lipinski definition) is 1. The smallest absolute Gasteiger partial charge is 0.222 e. The zero-order valence-corrected chi connectivity index (χ0v) is 13.6. The molecule has 0 saturated carbocycles. The van der Waals surface area contributed by atoms with Crippen molar-refractivity contribution in [3.8, 4) is 0 Å². The lowest BCUT2D eigenvalue weighted by molar-refractivity contribution is -0.131. The van der Waals surface area contributed by atoms with Gasteiger partial charge in [0.15, 0.2) is 0 Å². The summed E-state index contributed by atoms with van der Waals surface area (Å²) in [6.07, 6.45) is 5.68. The highest BCUT2D eigenvalue weighted by atomic mass is 16.2. The van der Waals surface area contributed by atoms with Gasteiger partial charge in [-0.1, -0.05) is 57.0 Å². The molecule has 21 heavy (non-hydrogen) atoms. The number of nitrogens with two attached hydrogens (primary N) is 1. The van der Waals surface area contributed by atoms with Crippen molar-refractivity contribution in [1.29, 1.82) is 0 Å². The van der Waals surface area contributed by atoms with Gasteiger partial charge < -0.3 is 10.6 Å². The van der Waals surface area contributed by atoms with Crippen molar-refractivity contribution in [3.63, 3.8) is 0 Å². The van der Waals surface area contributed by atoms with Crippen molar-refractivity contribution in [2.75, 3.05) is 13.1 Å². The Bertz CT molecular complexity index is 383. The lowest BCUT2D eigenvalue weighted by atomic mass is 10.0. The van der Waals surface area contributed by atoms with Gasteiger partial charge in [-0.3, -0.25) is 4.79 Å². The standard InChI is InChI=1S/C18H30N2O/c1-3-5-14-20(15-6-4-2)18(21)13-12-17(19)16-10-8-7-9-11-16/h7-11,17H,3-6,12-15,19H2,1-2H3. The Labute approximate surface area is 129 Å². The highest BCUT2D eigenvalue weighted by Crippen LogP contribution is 2.16. The largest absolute Gasteiger partial charge is 0.343 e. The number of rotatable bonds is 10. The monoisotopic (exact) mass is 290 g/mol. The van der Waals surface area contributed by atoms with E-state index >= 15 is 0 Å². The van der Waals surface area contributed by atoms with Crippen molar-refractivity contribution in [3.05, 3.63) is 35.9 Å². The van der Waals surface area contributed by atoms with Crippen molar-refractivity contribution in [2.24, 2.45) is 5.73 Å². The molecule has 2 N–H and O–H groups in total. The van der Waals surface area contributed by atoms with E-state index in [1.165, 1.54) is 0 Å². The second-order valence-corrected chi connectivity index (χ2v) is 5.64. The van der Waals surface area contributed by atoms with E-state index in [-0.39, 0.29) is 11.9 Å². The van der Waals surface area contributed by atoms with Gasteiger partial charge in [0.2, 0.25) is 5.91 Å². The van der Waals surface area contributed by atoms with Gasteiger partial charge >= 0.3 is 0 Å². The molecule has 0 heterocycles. The molecule has 0 radical (unpaired) electrons. The zero-order chi connectivity index (χ0) is 15.5. The number of carbonyl (C=O) groups excluding carboxylic acids is 1. The molecule has 0 aliphatic rings. The maximum Gasteiger partial charge on any atom is 0.222 e. The summed E-state index contributed by atoms with van der Waals surface area (Å²) in [6.45, 7) is 6.09. The third-order valence-corrected chi connectivity index (χ3v) is 3.81. The lowest BCUT2D eigenvalue weighted by Gasteiger charge is -2.23. The molecule has 1 aromatic rings. The van der Waals surface area contributed by atoms with E-state index in [1.54, 1.807) is 0 Å². The zero-order valence-electron chi connectivity index (χ0n) is 13.6. The normalized spacial score (nSPS) is 12.1. The van der Waals surface area contributed by atoms with Crippen molar-refractivity contribution >= 4 is 5.91 Å². The van der Waals surface area contributed by atoms with Crippen molar-refractivity contribution < 1.29 is 4.79 Å². The van der Waals surface area contributed by atoms with Crippen LogP contribution in [0.5, 0.6) is 0 Å². The average Bonchev–Trinajstić information content (AvgIpc) is 2.53. The van der Waals surface area contributed by atoms with Gasteiger partial charge in [0, 0.05) is 25.6 Å². The van der Waals surface area contributed by atoms with E-state index in [0.29, 0.717) is 6.42 Å². The van der Waals surface area contributed by atoms with Gasteiger partial charge in [-0.2, -0.15) is 0 Å². The Balaban J connectivity index is 2.44. The summed E-state index contributed by atoms with van der Waals surface area (Å²) in [4.78, 5) is 14.4. The second kappa shape index (κ2) is 10.4. The number of carbonyl (C=O) groups is 1. The summed E-state index contributed by atoms with van der Waals surface area (Å²) >= 11 is 0. The highest BCUT2D eigenvalue weighted by Gasteiger charge is 2.14. The first-order valence-electron chi connectivity index (χ1n) is 8.27. The summed E-state index contributed by atoms with van der Waals surface area (Å²) in [5.74, 6) is 0.253. The maximum atomic E-state index is 12.4. The van der Waals surface area contributed by atoms with E-state index in [0.717, 1.165) is 50.8 Å². The van der Waals surface area contributed by atoms with Crippen LogP contribution < -0.4 is 5.73 Å². The third kappa shape index (κ3) is 6.76. The Morgan fingerprint density at radius 1 is 1.10 bits per heavy atom. The second-order valence-electron chi connectivity index (χ2n) is 5.64. The first kappa shape index (κ1) is 17.7. The topological polar surface area (TPSA) is 46.3 Å². The van der Waals surface area contributed by atoms with Gasteiger partial charge in [0.05, 0.1) is 0 Å². The molecule has 0 saturated heterocycles. The molecule has 0 aliphatic carbocycles. The maximum absolute atomic E-state index is 12.4. The Hall–Kier alpha value is -1.35. The number of nitrogens with zero attached hydrogens (tertiary/aromatic N) is 1. The molecule has 0 aliphatic heterocycles. The van der Waals surface area contributed by atoms with Crippen LogP contribution in [0.2, 0.25) is 0 Å². The van der Waals surface area contributed by atoms with Gasteiger partial charge in [-0.05, 0) is 24.8 Å². The molecule has 1 atom stereocenters. The molecule has 0 fully saturated rings. The molecular formula is C18H30N2O. The van der Waals surface area contributed by atoms with E-state index < -0.39 is 0 Å². The van der Waals surface area contributed by atoms with E-state index in [4.69, 9.17) is 5.73 Å². The number of amides is 1. The fraction of sp³-hybridized carbons (Fsp3) is 0.611. The Kier molecular flexibility index (Phi) is 8.76. The quantitative estimate of drug-likeness (QED) is 0.710. The van der Waals surface area contributed by atoms with Crippen LogP contribution in [0.15, 0.2) is 30.3 Å². The Morgan fingerprint density at radius 2 is 1.67 bits per heavy atom. The third-order valence-electron chi connectivity index (χ3n) is 3.81. The van der Waals surface area contributed by atoms with E-state index in [9.17, 15) is 4.79 Å². The van der Waals surface area contributed by atoms with E-state index in [2.05, 4.69) is 13.8 Å². The molecule has 1 unspecified atom stereocenters. The molecule has 1 amide bonds. The average molecular weight is 290 g/mol. The molecule has 0 spiro atoms. The summed E-state index contributed by atoms with van der Waals surface area (Å²) in [6, 6.07) is 9.98. The van der Waals surface area contributed by atoms with Gasteiger partial charge in [0.1, 0.15) is 0 Å². The summed E-state index contributed by atoms with van der Waals surface area (Å²) < 4.78 is 0. The van der Waals surface area contributed by atoms with Crippen LogP contribution in [0.3, 0.4) is 0 Å². The molecule has 0 aromatic heterocycles. The number of benzene rings is 1. The van der Waals surface area contributed by atoms with Crippen molar-refractivity contribution in [1.82, 2.24) is 4.90 Å². The van der Waals surface area contributed by atoms with Crippen LogP contribution in [0.4, 0.5) is 0 Å². The predicted octanol–water partition coefficient (Wildman–Crippen LogP) is 3.90. The fourth-order valence-corrected chi connectivity index (χ4v) is 2.36. The molecular weight excluding hydrogens is 260 g/mol. The molecule has 0 bridgehead atoms. The van der Waals surface area contributed by atoms with Crippen LogP contribution in [0.25, 0.3) is 0 Å². The minimum absolute atomic E-state index is 0.0469. The van der Waals surface area contributed by atoms with Crippen molar-refractivity contribution in [2.45, 2.75) is 58.4 Å². The molecule has 3 nitrogen and oxygen atoms in total. The van der Waals surface area contributed by atoms with Gasteiger partial charge in [-0.15, -0.1) is 0 Å². The SMILES string of the molecule is CCCCN(CCCC)C(=O)CCC(N)c1ccccc1. The number of hydrogen-bond acceptors (Lipinski definition) is 2. The first-order valence-corrected chi connectivity index (χ1v) is 8.27. The molecule has 118 valence electrons. The molecule has 1 aromatic carbocycles. The van der Waals surface area contributed by atoms with Crippen LogP contribution >= 0.6 is 0 Å². The predicted molar refractivity (Wildman–Crippen MR) is 89.0 cm³/mol. The number of unbranched alkanes of at least 4 members (excludes halogenated alkanes) is 2. The Morgan fingerprint density at radius 3 is 2.19 bits per heavy atom. The summed E-state index contributed by atoms with van der Waals surface area (Å²) in [5.41, 5.74) is 7.28. The highest BCUT2D eigenvalue weighted by molar-refractivity contribution is 5.76. The minimum Gasteiger partial charge on any atom is -0.343 e. The van der Waals surface area contributed by atoms with Gasteiger partial charge in [-0.25, -0.2) is 0 Å². The van der Waals surface area contributed by atoms with Crippen LogP contribution in [-0.4, -0.2) is 23.9 Å². The molecule has 3 heteroatoms. The molecule has 1 rings (SSSR count).